The van der Waals surface area contributed by atoms with Gasteiger partial charge in [0.1, 0.15) is 34.6 Å². The van der Waals surface area contributed by atoms with E-state index in [9.17, 15) is 43.8 Å². The van der Waals surface area contributed by atoms with Crippen LogP contribution in [0, 0.1) is 47.3 Å². The molecule has 3 fully saturated rings. The largest absolute Gasteiger partial charge is 0.535 e. The van der Waals surface area contributed by atoms with Crippen molar-refractivity contribution in [2.75, 3.05) is 39.3 Å². The van der Waals surface area contributed by atoms with Crippen LogP contribution in [0.2, 0.25) is 17.5 Å². The lowest BCUT2D eigenvalue weighted by atomic mass is 9.64. The first kappa shape index (κ1) is 74.4. The van der Waals surface area contributed by atoms with Crippen molar-refractivity contribution in [3.05, 3.63) is 88.0 Å². The number of carbonyl (C=O) groups is 6. The first-order valence-electron chi connectivity index (χ1n) is 35.7. The van der Waals surface area contributed by atoms with E-state index in [1.165, 1.54) is 85.0 Å². The van der Waals surface area contributed by atoms with Gasteiger partial charge in [-0.1, -0.05) is 90.3 Å². The number of benzene rings is 3. The molecule has 18 heteroatoms. The summed E-state index contributed by atoms with van der Waals surface area (Å²) < 4.78 is 17.0. The Morgan fingerprint density at radius 1 is 0.446 bits per heavy atom. The van der Waals surface area contributed by atoms with Crippen molar-refractivity contribution in [2.45, 2.75) is 233 Å². The number of hydrogen-bond acceptors (Lipinski definition) is 15. The van der Waals surface area contributed by atoms with Crippen LogP contribution in [0.5, 0.6) is 17.2 Å². The molecule has 9 atom stereocenters. The third kappa shape index (κ3) is 23.7. The number of nitrogens with one attached hydrogen (secondary N) is 3. The van der Waals surface area contributed by atoms with E-state index in [0.29, 0.717) is 127 Å². The summed E-state index contributed by atoms with van der Waals surface area (Å²) >= 11 is 0. The van der Waals surface area contributed by atoms with Crippen LogP contribution in [-0.4, -0.2) is 110 Å². The molecule has 0 bridgehead atoms. The van der Waals surface area contributed by atoms with Crippen molar-refractivity contribution in [1.29, 1.82) is 0 Å². The molecule has 0 aromatic heterocycles. The Kier molecular flexibility index (Phi) is 30.7. The molecule has 3 aromatic carbocycles. The molecule has 504 valence electrons. The number of carbonyl (C=O) groups excluding carboxylic acids is 6. The van der Waals surface area contributed by atoms with Crippen molar-refractivity contribution in [3.63, 3.8) is 0 Å². The highest BCUT2D eigenvalue weighted by molar-refractivity contribution is 6.48. The zero-order valence-corrected chi connectivity index (χ0v) is 57.2. The predicted octanol–water partition coefficient (Wildman–Crippen LogP) is 13.2. The Labute approximate surface area is 552 Å². The third-order valence-electron chi connectivity index (χ3n) is 20.3. The van der Waals surface area contributed by atoms with Crippen LogP contribution in [0.3, 0.4) is 0 Å². The molecule has 0 spiro atoms. The highest BCUT2D eigenvalue weighted by Crippen LogP contribution is 2.42. The smallest absolute Gasteiger partial charge is 0.526 e. The van der Waals surface area contributed by atoms with Gasteiger partial charge in [0, 0.05) is 56.0 Å². The fraction of sp³-hybridized carbons (Fsp3) is 0.676. The van der Waals surface area contributed by atoms with Gasteiger partial charge in [-0.2, -0.15) is 0 Å². The van der Waals surface area contributed by atoms with Crippen LogP contribution in [0.15, 0.2) is 54.6 Å². The molecule has 6 N–H and O–H groups in total. The number of fused-ring (bicyclic) bond motifs is 3. The highest BCUT2D eigenvalue weighted by Gasteiger charge is 2.41. The Balaban J connectivity index is 0.000000196. The average molecular weight is 1270 g/mol. The number of para-hydroxylation sites is 3. The Bertz CT molecular complexity index is 2870. The summed E-state index contributed by atoms with van der Waals surface area (Å²) in [6.45, 7) is 22.2. The summed E-state index contributed by atoms with van der Waals surface area (Å²) in [4.78, 5) is 73.7. The topological polar surface area (TPSA) is 227 Å². The number of unbranched alkanes of at least 4 members (excludes halogenated alkanes) is 1. The van der Waals surface area contributed by atoms with Gasteiger partial charge in [-0.3, -0.25) is 28.8 Å². The quantitative estimate of drug-likeness (QED) is 0.0194. The minimum absolute atomic E-state index is 0.0789. The maximum Gasteiger partial charge on any atom is 0.526 e. The molecule has 3 saturated carbocycles. The second-order valence-corrected chi connectivity index (χ2v) is 29.3. The molecule has 3 aromatic rings. The van der Waals surface area contributed by atoms with E-state index < -0.39 is 21.4 Å². The van der Waals surface area contributed by atoms with E-state index in [4.69, 9.17) is 14.0 Å². The highest BCUT2D eigenvalue weighted by atomic mass is 16.5. The molecule has 6 unspecified atom stereocenters. The van der Waals surface area contributed by atoms with Crippen molar-refractivity contribution in [2.24, 2.45) is 47.3 Å². The SMILES string of the molecule is CC(=O)c1cccc2c1OB(O)[C@@H](CC(=O)CC1CCC(CNCCCC(C)C)C1)C2.CC(=O)c1cccc2c1OB(O)[C@@H](CC(=O)CC1CCCC(CNCCCC(C)C)C1)C2.CCCCNCC1CCC(CC(=O)C[C@H]2Cc3cccc(C(C)=O)c3OB2O)C1. The van der Waals surface area contributed by atoms with E-state index in [-0.39, 0.29) is 52.2 Å². The molecule has 3 aliphatic carbocycles. The molecule has 9 rings (SSSR count). The van der Waals surface area contributed by atoms with E-state index in [0.717, 1.165) is 106 Å². The zero-order valence-electron chi connectivity index (χ0n) is 57.2. The van der Waals surface area contributed by atoms with E-state index in [2.05, 4.69) is 50.6 Å². The molecule has 92 heavy (non-hydrogen) atoms. The third-order valence-corrected chi connectivity index (χ3v) is 20.3. The van der Waals surface area contributed by atoms with Crippen molar-refractivity contribution < 1.29 is 57.8 Å². The molecule has 15 nitrogen and oxygen atoms in total. The zero-order chi connectivity index (χ0) is 66.3. The van der Waals surface area contributed by atoms with Gasteiger partial charge in [0.25, 0.3) is 0 Å². The molecule has 0 radical (unpaired) electrons. The van der Waals surface area contributed by atoms with Crippen molar-refractivity contribution >= 4 is 56.1 Å². The maximum atomic E-state index is 12.8. The number of hydrogen-bond donors (Lipinski definition) is 6. The predicted molar refractivity (Wildman–Crippen MR) is 369 cm³/mol. The van der Waals surface area contributed by atoms with Crippen LogP contribution in [-0.2, 0) is 33.6 Å². The molecular weight excluding hydrogens is 1160 g/mol. The number of rotatable bonds is 32. The lowest BCUT2D eigenvalue weighted by molar-refractivity contribution is -0.121. The second-order valence-electron chi connectivity index (χ2n) is 29.3. The monoisotopic (exact) mass is 1270 g/mol. The summed E-state index contributed by atoms with van der Waals surface area (Å²) in [5.74, 6) is 6.06. The van der Waals surface area contributed by atoms with Gasteiger partial charge in [-0.15, -0.1) is 0 Å². The number of Topliss-reactive ketones (excluding diaryl/α,β-unsaturated/α-hetero) is 6. The van der Waals surface area contributed by atoms with Gasteiger partial charge in [0.15, 0.2) is 17.3 Å². The Hall–Kier alpha value is -4.97. The lowest BCUT2D eigenvalue weighted by Gasteiger charge is -2.30. The lowest BCUT2D eigenvalue weighted by Crippen LogP contribution is -2.36. The van der Waals surface area contributed by atoms with Gasteiger partial charge in [-0.05, 0) is 245 Å². The fourth-order valence-electron chi connectivity index (χ4n) is 15.3. The van der Waals surface area contributed by atoms with Crippen LogP contribution in [0.25, 0.3) is 0 Å². The van der Waals surface area contributed by atoms with E-state index in [1.54, 1.807) is 18.2 Å². The Morgan fingerprint density at radius 2 is 0.750 bits per heavy atom. The Morgan fingerprint density at radius 3 is 1.08 bits per heavy atom. The summed E-state index contributed by atoms with van der Waals surface area (Å²) in [6, 6.07) is 16.4. The van der Waals surface area contributed by atoms with Gasteiger partial charge < -0.3 is 45.0 Å². The van der Waals surface area contributed by atoms with Gasteiger partial charge in [0.2, 0.25) is 0 Å². The van der Waals surface area contributed by atoms with Crippen LogP contribution < -0.4 is 29.9 Å². The summed E-state index contributed by atoms with van der Waals surface area (Å²) in [5, 5.41) is 42.1. The van der Waals surface area contributed by atoms with Gasteiger partial charge >= 0.3 is 21.4 Å². The van der Waals surface area contributed by atoms with Crippen LogP contribution >= 0.6 is 0 Å². The summed E-state index contributed by atoms with van der Waals surface area (Å²) in [7, 11) is -3.12. The van der Waals surface area contributed by atoms with Crippen LogP contribution in [0.1, 0.15) is 244 Å². The fourth-order valence-corrected chi connectivity index (χ4v) is 15.3. The first-order chi connectivity index (χ1) is 44.1. The normalized spacial score (nSPS) is 23.2. The number of ketones is 6. The van der Waals surface area contributed by atoms with E-state index >= 15 is 0 Å². The maximum absolute atomic E-state index is 12.8. The molecule has 0 saturated heterocycles. The second kappa shape index (κ2) is 37.9. The minimum atomic E-state index is -1.04. The van der Waals surface area contributed by atoms with Crippen LogP contribution in [0.4, 0.5) is 0 Å². The molecule has 6 aliphatic rings. The van der Waals surface area contributed by atoms with Gasteiger partial charge in [0.05, 0.1) is 16.7 Å². The molecule has 3 aliphatic heterocycles. The van der Waals surface area contributed by atoms with Crippen molar-refractivity contribution in [3.8, 4) is 17.2 Å². The van der Waals surface area contributed by atoms with E-state index in [1.807, 2.05) is 36.4 Å². The molecule has 0 amide bonds. The molecule has 3 heterocycles. The first-order valence-corrected chi connectivity index (χ1v) is 35.7. The van der Waals surface area contributed by atoms with Crippen molar-refractivity contribution in [1.82, 2.24) is 16.0 Å². The summed E-state index contributed by atoms with van der Waals surface area (Å²) in [5.41, 5.74) is 4.20. The summed E-state index contributed by atoms with van der Waals surface area (Å²) in [6.07, 6.45) is 23.6. The standard InChI is InChI=1S/C26H40BNO4.C25H38BNO4.C23H34BNO4/c1-18(2)7-6-12-28-17-21-9-4-8-20(13-21)14-24(30)16-23-15-22-10-5-11-25(19(3)29)26(22)32-27(23)31;1-17(2)6-5-11-27-16-20-10-9-19(12-20)13-23(29)15-22-14-21-7-4-8-24(18(3)28)25(21)31-26(22)30;1-3-4-10-25-15-18-9-8-17(11-18)12-21(27)14-20-13-19-6-5-7-22(16(2)26)23(19)29-24(20)28/h5,10-11,18,20-21,23,28,31H,4,6-9,12-17H2,1-3H3;4,7-8,17,19-20,22,27,30H,5-6,9-16H2,1-3H3;5-7,17-18,20,25,28H,3-4,8-15H2,1-2H3/t20?,21?,23-;19?,20?,22-;17?,18?,20-/m111/s1. The minimum Gasteiger partial charge on any atom is -0.535 e. The molecular formula is C74H112B3N3O12. The average Bonchev–Trinajstić information content (AvgIpc) is 0.961. The van der Waals surface area contributed by atoms with Gasteiger partial charge in [-0.25, -0.2) is 0 Å².